The van der Waals surface area contributed by atoms with Crippen molar-refractivity contribution >= 4 is 43.4 Å². The Morgan fingerprint density at radius 3 is 2.41 bits per heavy atom. The smallest absolute Gasteiger partial charge is 0.124 e. The molecule has 184 valence electrons. The third-order valence-electron chi connectivity index (χ3n) is 7.15. The van der Waals surface area contributed by atoms with Crippen LogP contribution in [0.25, 0.3) is 65.2 Å². The molecular formula is C33H21N5S. The van der Waals surface area contributed by atoms with Crippen molar-refractivity contribution in [2.45, 2.75) is 0 Å². The second kappa shape index (κ2) is 8.75. The molecule has 0 atom stereocenters. The van der Waals surface area contributed by atoms with Gasteiger partial charge < -0.3 is 4.57 Å². The van der Waals surface area contributed by atoms with Gasteiger partial charge in [0.05, 0.1) is 32.6 Å². The van der Waals surface area contributed by atoms with Crippen LogP contribution in [0.1, 0.15) is 0 Å². The van der Waals surface area contributed by atoms with E-state index in [1.807, 2.05) is 47.4 Å². The summed E-state index contributed by atoms with van der Waals surface area (Å²) in [6.07, 6.45) is 5.60. The van der Waals surface area contributed by atoms with Crippen molar-refractivity contribution < 1.29 is 0 Å². The third-order valence-corrected chi connectivity index (χ3v) is 8.23. The highest BCUT2D eigenvalue weighted by atomic mass is 32.1. The van der Waals surface area contributed by atoms with Gasteiger partial charge in [-0.3, -0.25) is 4.98 Å². The Kier molecular flexibility index (Phi) is 4.93. The number of rotatable bonds is 4. The van der Waals surface area contributed by atoms with Crippen molar-refractivity contribution in [3.8, 4) is 33.2 Å². The number of pyridine rings is 1. The van der Waals surface area contributed by atoms with Crippen molar-refractivity contribution in [2.75, 3.05) is 0 Å². The molecule has 0 aliphatic rings. The zero-order chi connectivity index (χ0) is 25.8. The molecule has 0 aliphatic heterocycles. The zero-order valence-corrected chi connectivity index (χ0v) is 21.6. The molecule has 4 aromatic carbocycles. The molecule has 39 heavy (non-hydrogen) atoms. The molecule has 0 bridgehead atoms. The summed E-state index contributed by atoms with van der Waals surface area (Å²) >= 11 is 1.73. The molecule has 0 aliphatic carbocycles. The second-order valence-electron chi connectivity index (χ2n) is 9.44. The van der Waals surface area contributed by atoms with Gasteiger partial charge in [-0.1, -0.05) is 48.5 Å². The van der Waals surface area contributed by atoms with Crippen LogP contribution in [0.15, 0.2) is 128 Å². The molecule has 0 amide bonds. The lowest BCUT2D eigenvalue weighted by Crippen LogP contribution is -2.01. The molecule has 0 unspecified atom stereocenters. The average Bonchev–Trinajstić information content (AvgIpc) is 3.75. The van der Waals surface area contributed by atoms with Crippen molar-refractivity contribution in [1.29, 1.82) is 0 Å². The molecule has 0 N–H and O–H groups in total. The van der Waals surface area contributed by atoms with E-state index in [-0.39, 0.29) is 0 Å². The largest absolute Gasteiger partial charge is 0.309 e. The van der Waals surface area contributed by atoms with E-state index in [9.17, 15) is 0 Å². The molecule has 0 radical (unpaired) electrons. The van der Waals surface area contributed by atoms with Crippen molar-refractivity contribution in [3.05, 3.63) is 128 Å². The Morgan fingerprint density at radius 1 is 0.667 bits per heavy atom. The summed E-state index contributed by atoms with van der Waals surface area (Å²) in [5.41, 5.74) is 8.43. The van der Waals surface area contributed by atoms with Crippen molar-refractivity contribution in [3.63, 3.8) is 0 Å². The van der Waals surface area contributed by atoms with Crippen LogP contribution in [0.3, 0.4) is 0 Å². The molecule has 4 heterocycles. The molecule has 4 aromatic heterocycles. The van der Waals surface area contributed by atoms with Crippen LogP contribution in [-0.4, -0.2) is 24.3 Å². The fourth-order valence-electron chi connectivity index (χ4n) is 5.38. The molecule has 0 saturated carbocycles. The summed E-state index contributed by atoms with van der Waals surface area (Å²) in [7, 11) is 0. The monoisotopic (exact) mass is 519 g/mol. The number of benzene rings is 4. The lowest BCUT2D eigenvalue weighted by Gasteiger charge is -2.14. The normalized spacial score (nSPS) is 11.6. The lowest BCUT2D eigenvalue weighted by atomic mass is 10.1. The predicted molar refractivity (Wildman–Crippen MR) is 160 cm³/mol. The van der Waals surface area contributed by atoms with Gasteiger partial charge in [-0.15, -0.1) is 11.3 Å². The Labute approximate surface area is 228 Å². The number of hydrogen-bond acceptors (Lipinski definition) is 4. The van der Waals surface area contributed by atoms with Crippen LogP contribution in [0.2, 0.25) is 0 Å². The van der Waals surface area contributed by atoms with Gasteiger partial charge in [-0.05, 0) is 60.7 Å². The topological polar surface area (TPSA) is 48.5 Å². The molecule has 5 nitrogen and oxygen atoms in total. The number of hydrogen-bond donors (Lipinski definition) is 0. The first kappa shape index (κ1) is 22.0. The molecule has 8 rings (SSSR count). The van der Waals surface area contributed by atoms with Crippen LogP contribution in [0, 0.1) is 0 Å². The van der Waals surface area contributed by atoms with E-state index in [4.69, 9.17) is 4.98 Å². The maximum Gasteiger partial charge on any atom is 0.124 e. The number of thiazole rings is 1. The van der Waals surface area contributed by atoms with Gasteiger partial charge in [-0.25, -0.2) is 9.67 Å². The first-order chi connectivity index (χ1) is 19.3. The summed E-state index contributed by atoms with van der Waals surface area (Å²) in [6, 6.07) is 38.1. The highest BCUT2D eigenvalue weighted by Gasteiger charge is 2.17. The minimum Gasteiger partial charge on any atom is -0.309 e. The lowest BCUT2D eigenvalue weighted by molar-refractivity contribution is 0.880. The van der Waals surface area contributed by atoms with Gasteiger partial charge in [0.2, 0.25) is 0 Å². The maximum absolute atomic E-state index is 4.93. The van der Waals surface area contributed by atoms with E-state index < -0.39 is 0 Å². The van der Waals surface area contributed by atoms with E-state index in [2.05, 4.69) is 93.5 Å². The van der Waals surface area contributed by atoms with E-state index in [0.29, 0.717) is 0 Å². The van der Waals surface area contributed by atoms with Crippen LogP contribution in [-0.2, 0) is 0 Å². The number of aromatic nitrogens is 5. The molecular weight excluding hydrogens is 498 g/mol. The van der Waals surface area contributed by atoms with Gasteiger partial charge in [0.15, 0.2) is 0 Å². The van der Waals surface area contributed by atoms with Gasteiger partial charge >= 0.3 is 0 Å². The Morgan fingerprint density at radius 2 is 1.54 bits per heavy atom. The summed E-state index contributed by atoms with van der Waals surface area (Å²) in [6.45, 7) is 0. The molecule has 0 spiro atoms. The van der Waals surface area contributed by atoms with Crippen LogP contribution in [0.4, 0.5) is 0 Å². The Hall–Kier alpha value is -5.07. The van der Waals surface area contributed by atoms with Gasteiger partial charge in [0.25, 0.3) is 0 Å². The maximum atomic E-state index is 4.93. The Bertz CT molecular complexity index is 2090. The number of fused-ring (bicyclic) bond motifs is 4. The molecule has 8 aromatic rings. The first-order valence-electron chi connectivity index (χ1n) is 12.8. The fourth-order valence-corrected chi connectivity index (χ4v) is 6.34. The fraction of sp³-hybridized carbons (Fsp3) is 0. The average molecular weight is 520 g/mol. The quantitative estimate of drug-likeness (QED) is 0.235. The van der Waals surface area contributed by atoms with E-state index in [0.717, 1.165) is 49.8 Å². The van der Waals surface area contributed by atoms with E-state index >= 15 is 0 Å². The van der Waals surface area contributed by atoms with Crippen LogP contribution in [0.5, 0.6) is 0 Å². The van der Waals surface area contributed by atoms with Gasteiger partial charge in [-0.2, -0.15) is 5.10 Å². The highest BCUT2D eigenvalue weighted by Crippen LogP contribution is 2.38. The first-order valence-corrected chi connectivity index (χ1v) is 13.6. The molecule has 0 fully saturated rings. The van der Waals surface area contributed by atoms with Crippen LogP contribution >= 0.6 is 11.3 Å². The number of para-hydroxylation sites is 2. The summed E-state index contributed by atoms with van der Waals surface area (Å²) in [5, 5.41) is 7.97. The molecule has 0 saturated heterocycles. The minimum atomic E-state index is 0.904. The van der Waals surface area contributed by atoms with Crippen molar-refractivity contribution in [1.82, 2.24) is 24.3 Å². The predicted octanol–water partition coefficient (Wildman–Crippen LogP) is 8.31. The Balaban J connectivity index is 1.39. The van der Waals surface area contributed by atoms with Crippen molar-refractivity contribution in [2.24, 2.45) is 0 Å². The van der Waals surface area contributed by atoms with Crippen LogP contribution < -0.4 is 0 Å². The number of nitrogens with zero attached hydrogens (tertiary/aromatic N) is 5. The summed E-state index contributed by atoms with van der Waals surface area (Å²) < 4.78 is 5.44. The minimum absolute atomic E-state index is 0.904. The SMILES string of the molecule is c1ccc(-c2cc(-n3c4ccccc4c4ccc(-c5nc6ccccc6s5)cc43)ccc2-n2cccn2)nc1. The van der Waals surface area contributed by atoms with E-state index in [1.54, 1.807) is 17.5 Å². The third kappa shape index (κ3) is 3.57. The highest BCUT2D eigenvalue weighted by molar-refractivity contribution is 7.21. The standard InChI is InChI=1S/C33H21N5S/c1-3-11-30-24(8-1)25-15-13-22(33-36-28-10-2-4-12-32(28)39-33)20-31(25)38(30)23-14-16-29(37-19-7-18-35-37)26(21-23)27-9-5-6-17-34-27/h1-21H. The van der Waals surface area contributed by atoms with Gasteiger partial charge in [0, 0.05) is 46.2 Å². The summed E-state index contributed by atoms with van der Waals surface area (Å²) in [4.78, 5) is 9.62. The van der Waals surface area contributed by atoms with E-state index in [1.165, 1.54) is 15.5 Å². The summed E-state index contributed by atoms with van der Waals surface area (Å²) in [5.74, 6) is 0. The van der Waals surface area contributed by atoms with Gasteiger partial charge in [0.1, 0.15) is 5.01 Å². The zero-order valence-electron chi connectivity index (χ0n) is 20.8. The second-order valence-corrected chi connectivity index (χ2v) is 10.5. The molecule has 6 heteroatoms.